The van der Waals surface area contributed by atoms with E-state index in [9.17, 15) is 9.59 Å². The zero-order valence-electron chi connectivity index (χ0n) is 14.0. The number of carbonyl (C=O) groups is 2. The minimum absolute atomic E-state index is 0.199. The molecule has 0 aromatic heterocycles. The monoisotopic (exact) mass is 334 g/mol. The van der Waals surface area contributed by atoms with Crippen LogP contribution >= 0.6 is 0 Å². The van der Waals surface area contributed by atoms with Crippen molar-refractivity contribution >= 4 is 17.5 Å². The van der Waals surface area contributed by atoms with Gasteiger partial charge in [-0.1, -0.05) is 13.3 Å². The minimum atomic E-state index is -0.603. The fourth-order valence-electron chi connectivity index (χ4n) is 2.87. The summed E-state index contributed by atoms with van der Waals surface area (Å²) < 4.78 is 16.4. The molecule has 0 bridgehead atoms. The molecule has 1 aromatic rings. The van der Waals surface area contributed by atoms with Gasteiger partial charge in [-0.25, -0.2) is 0 Å². The topological polar surface area (TPSA) is 77.1 Å². The van der Waals surface area contributed by atoms with Gasteiger partial charge in [-0.3, -0.25) is 9.59 Å². The summed E-state index contributed by atoms with van der Waals surface area (Å²) in [6.07, 6.45) is 1.93. The first kappa shape index (κ1) is 16.6. The Bertz CT molecular complexity index is 646. The van der Waals surface area contributed by atoms with Crippen molar-refractivity contribution in [2.24, 2.45) is 0 Å². The maximum Gasteiger partial charge on any atom is 0.256 e. The maximum atomic E-state index is 12.8. The van der Waals surface area contributed by atoms with Crippen LogP contribution in [-0.2, 0) is 9.53 Å². The van der Waals surface area contributed by atoms with Gasteiger partial charge in [0.2, 0.25) is 5.91 Å². The van der Waals surface area contributed by atoms with Gasteiger partial charge < -0.3 is 24.4 Å². The Morgan fingerprint density at radius 3 is 2.92 bits per heavy atom. The normalized spacial score (nSPS) is 19.9. The second kappa shape index (κ2) is 7.09. The number of methoxy groups -OCH3 is 1. The van der Waals surface area contributed by atoms with Crippen molar-refractivity contribution in [3.05, 3.63) is 17.7 Å². The molecule has 1 saturated heterocycles. The van der Waals surface area contributed by atoms with Crippen LogP contribution in [0, 0.1) is 0 Å². The van der Waals surface area contributed by atoms with Crippen LogP contribution in [0.4, 0.5) is 5.69 Å². The van der Waals surface area contributed by atoms with Crippen LogP contribution in [-0.4, -0.2) is 56.2 Å². The standard InChI is InChI=1S/C17H22N2O5/c1-3-4-6-24-15-9-12-11(8-14(15)22-2)17(21)19-5-7-23-10-13(19)16(20)18-12/h8-9,13H,3-7,10H2,1-2H3,(H,18,20)/t13-/m0/s1. The molecule has 24 heavy (non-hydrogen) atoms. The van der Waals surface area contributed by atoms with E-state index in [0.717, 1.165) is 12.8 Å². The number of benzene rings is 1. The third kappa shape index (κ3) is 3.03. The summed E-state index contributed by atoms with van der Waals surface area (Å²) in [7, 11) is 1.53. The average Bonchev–Trinajstić information content (AvgIpc) is 2.70. The molecule has 7 heteroatoms. The van der Waals surface area contributed by atoms with Crippen molar-refractivity contribution in [2.75, 3.05) is 38.8 Å². The lowest BCUT2D eigenvalue weighted by atomic mass is 10.1. The lowest BCUT2D eigenvalue weighted by molar-refractivity contribution is -0.125. The fourth-order valence-corrected chi connectivity index (χ4v) is 2.87. The van der Waals surface area contributed by atoms with E-state index in [1.165, 1.54) is 7.11 Å². The zero-order chi connectivity index (χ0) is 17.1. The Balaban J connectivity index is 1.97. The van der Waals surface area contributed by atoms with Gasteiger partial charge in [-0.15, -0.1) is 0 Å². The molecule has 3 rings (SSSR count). The zero-order valence-corrected chi connectivity index (χ0v) is 14.0. The van der Waals surface area contributed by atoms with Crippen LogP contribution in [0.5, 0.6) is 11.5 Å². The van der Waals surface area contributed by atoms with Gasteiger partial charge >= 0.3 is 0 Å². The van der Waals surface area contributed by atoms with E-state index in [0.29, 0.717) is 42.5 Å². The molecule has 1 aromatic carbocycles. The number of morpholine rings is 1. The second-order valence-electron chi connectivity index (χ2n) is 5.83. The molecule has 1 fully saturated rings. The van der Waals surface area contributed by atoms with Gasteiger partial charge in [0, 0.05) is 12.6 Å². The van der Waals surface area contributed by atoms with Gasteiger partial charge in [0.1, 0.15) is 6.04 Å². The van der Waals surface area contributed by atoms with Gasteiger partial charge in [0.15, 0.2) is 11.5 Å². The SMILES string of the molecule is CCCCOc1cc2c(cc1OC)C(=O)N1CCOC[C@H]1C(=O)N2. The van der Waals surface area contributed by atoms with E-state index in [1.54, 1.807) is 17.0 Å². The Labute approximate surface area is 140 Å². The summed E-state index contributed by atoms with van der Waals surface area (Å²) in [4.78, 5) is 26.8. The molecular weight excluding hydrogens is 312 g/mol. The highest BCUT2D eigenvalue weighted by molar-refractivity contribution is 6.10. The number of unbranched alkanes of at least 4 members (excludes halogenated alkanes) is 1. The minimum Gasteiger partial charge on any atom is -0.493 e. The van der Waals surface area contributed by atoms with Gasteiger partial charge in [-0.2, -0.15) is 0 Å². The summed E-state index contributed by atoms with van der Waals surface area (Å²) in [6.45, 7) is 3.67. The van der Waals surface area contributed by atoms with Crippen molar-refractivity contribution in [3.63, 3.8) is 0 Å². The molecule has 2 aliphatic rings. The highest BCUT2D eigenvalue weighted by Gasteiger charge is 2.38. The first-order valence-corrected chi connectivity index (χ1v) is 8.20. The summed E-state index contributed by atoms with van der Waals surface area (Å²) in [6, 6.07) is 2.70. The number of rotatable bonds is 5. The molecule has 0 unspecified atom stereocenters. The predicted octanol–water partition coefficient (Wildman–Crippen LogP) is 1.67. The number of nitrogens with one attached hydrogen (secondary N) is 1. The molecule has 2 aliphatic heterocycles. The quantitative estimate of drug-likeness (QED) is 0.829. The second-order valence-corrected chi connectivity index (χ2v) is 5.83. The van der Waals surface area contributed by atoms with Gasteiger partial charge in [0.05, 0.1) is 38.2 Å². The van der Waals surface area contributed by atoms with E-state index < -0.39 is 6.04 Å². The van der Waals surface area contributed by atoms with Crippen molar-refractivity contribution in [3.8, 4) is 11.5 Å². The van der Waals surface area contributed by atoms with E-state index in [2.05, 4.69) is 12.2 Å². The molecule has 2 heterocycles. The number of hydrogen-bond acceptors (Lipinski definition) is 5. The molecule has 1 atom stereocenters. The lowest BCUT2D eigenvalue weighted by Gasteiger charge is -2.32. The van der Waals surface area contributed by atoms with Crippen molar-refractivity contribution in [1.29, 1.82) is 0 Å². The maximum absolute atomic E-state index is 12.8. The molecule has 0 spiro atoms. The number of nitrogens with zero attached hydrogens (tertiary/aromatic N) is 1. The van der Waals surface area contributed by atoms with Crippen molar-refractivity contribution in [2.45, 2.75) is 25.8 Å². The Morgan fingerprint density at radius 1 is 1.33 bits per heavy atom. The molecular formula is C17H22N2O5. The van der Waals surface area contributed by atoms with Crippen LogP contribution in [0.3, 0.4) is 0 Å². The molecule has 1 N–H and O–H groups in total. The molecule has 0 aliphatic carbocycles. The predicted molar refractivity (Wildman–Crippen MR) is 87.7 cm³/mol. The molecule has 0 radical (unpaired) electrons. The highest BCUT2D eigenvalue weighted by Crippen LogP contribution is 2.36. The number of carbonyl (C=O) groups excluding carboxylic acids is 2. The average molecular weight is 334 g/mol. The fraction of sp³-hybridized carbons (Fsp3) is 0.529. The van der Waals surface area contributed by atoms with E-state index in [4.69, 9.17) is 14.2 Å². The number of hydrogen-bond donors (Lipinski definition) is 1. The van der Waals surface area contributed by atoms with Crippen LogP contribution in [0.15, 0.2) is 12.1 Å². The first-order chi connectivity index (χ1) is 11.7. The lowest BCUT2D eigenvalue weighted by Crippen LogP contribution is -2.52. The summed E-state index contributed by atoms with van der Waals surface area (Å²) in [5.74, 6) is 0.564. The smallest absolute Gasteiger partial charge is 0.256 e. The van der Waals surface area contributed by atoms with Crippen LogP contribution in [0.2, 0.25) is 0 Å². The van der Waals surface area contributed by atoms with Crippen LogP contribution < -0.4 is 14.8 Å². The van der Waals surface area contributed by atoms with E-state index in [1.807, 2.05) is 0 Å². The third-order valence-electron chi connectivity index (χ3n) is 4.24. The molecule has 0 saturated carbocycles. The largest absolute Gasteiger partial charge is 0.493 e. The third-order valence-corrected chi connectivity index (χ3v) is 4.24. The summed E-state index contributed by atoms with van der Waals surface area (Å²) in [5.41, 5.74) is 0.860. The number of fused-ring (bicyclic) bond motifs is 2. The number of amides is 2. The van der Waals surface area contributed by atoms with Gasteiger partial charge in [0.25, 0.3) is 5.91 Å². The van der Waals surface area contributed by atoms with Crippen molar-refractivity contribution < 1.29 is 23.8 Å². The number of anilines is 1. The van der Waals surface area contributed by atoms with Gasteiger partial charge in [-0.05, 0) is 12.5 Å². The summed E-state index contributed by atoms with van der Waals surface area (Å²) >= 11 is 0. The number of ether oxygens (including phenoxy) is 3. The van der Waals surface area contributed by atoms with Crippen LogP contribution in [0.1, 0.15) is 30.1 Å². The Hall–Kier alpha value is -2.28. The first-order valence-electron chi connectivity index (χ1n) is 8.20. The van der Waals surface area contributed by atoms with E-state index >= 15 is 0 Å². The Morgan fingerprint density at radius 2 is 2.17 bits per heavy atom. The van der Waals surface area contributed by atoms with Crippen LogP contribution in [0.25, 0.3) is 0 Å². The van der Waals surface area contributed by atoms with Crippen molar-refractivity contribution in [1.82, 2.24) is 4.90 Å². The highest BCUT2D eigenvalue weighted by atomic mass is 16.5. The Kier molecular flexibility index (Phi) is 4.89. The molecule has 7 nitrogen and oxygen atoms in total. The molecule has 130 valence electrons. The van der Waals surface area contributed by atoms with E-state index in [-0.39, 0.29) is 18.4 Å². The molecule has 2 amide bonds. The summed E-state index contributed by atoms with van der Waals surface area (Å²) in [5, 5.41) is 2.82.